The number of nitrogens with one attached hydrogen (secondary N) is 1. The first-order chi connectivity index (χ1) is 35.2. The molecule has 2 saturated heterocycles. The van der Waals surface area contributed by atoms with Crippen molar-refractivity contribution >= 4 is 87.8 Å². The molecule has 75 heavy (non-hydrogen) atoms. The summed E-state index contributed by atoms with van der Waals surface area (Å²) in [5.41, 5.74) is 4.46. The summed E-state index contributed by atoms with van der Waals surface area (Å²) < 4.78 is 41.9. The molecule has 16 nitrogen and oxygen atoms in total. The van der Waals surface area contributed by atoms with E-state index in [1.807, 2.05) is 87.4 Å². The molecule has 0 aliphatic carbocycles. The van der Waals surface area contributed by atoms with Crippen LogP contribution in [-0.2, 0) is 32.4 Å². The summed E-state index contributed by atoms with van der Waals surface area (Å²) in [5.74, 6) is 0.368. The maximum absolute atomic E-state index is 13.5. The second kappa shape index (κ2) is 26.0. The first-order valence-corrected chi connectivity index (χ1v) is 34.7. The number of ether oxygens (including phenoxy) is 4. The molecule has 2 aliphatic heterocycles. The minimum absolute atomic E-state index is 0.200. The fourth-order valence-electron chi connectivity index (χ4n) is 7.89. The fraction of sp³-hybridized carbons (Fsp3) is 0.519. The highest BCUT2D eigenvalue weighted by molar-refractivity contribution is 9.10. The van der Waals surface area contributed by atoms with Crippen LogP contribution in [0.3, 0.4) is 0 Å². The summed E-state index contributed by atoms with van der Waals surface area (Å²) in [6.45, 7) is 33.4. The zero-order valence-corrected chi connectivity index (χ0v) is 51.1. The Balaban J connectivity index is 0.000000206. The first kappa shape index (κ1) is 59.5. The molecule has 2 amide bonds. The van der Waals surface area contributed by atoms with Crippen LogP contribution in [0.15, 0.2) is 82.0 Å². The Hall–Kier alpha value is -4.78. The van der Waals surface area contributed by atoms with E-state index >= 15 is 0 Å². The van der Waals surface area contributed by atoms with Crippen LogP contribution in [0.2, 0.25) is 51.4 Å². The lowest BCUT2D eigenvalue weighted by molar-refractivity contribution is 0.0223. The summed E-state index contributed by atoms with van der Waals surface area (Å²) in [6, 6.07) is 21.7. The predicted octanol–water partition coefficient (Wildman–Crippen LogP) is 12.4. The molecule has 6 aromatic rings. The van der Waals surface area contributed by atoms with Gasteiger partial charge in [-0.2, -0.15) is 14.6 Å². The van der Waals surface area contributed by atoms with Gasteiger partial charge in [0.15, 0.2) is 0 Å². The summed E-state index contributed by atoms with van der Waals surface area (Å²) in [5, 5.41) is 14.8. The number of hydrogen-bond donors (Lipinski definition) is 1. The number of nitrogens with zero attached hydrogens (tertiary/aromatic N) is 9. The normalized spacial score (nSPS) is 14.6. The average molecular weight is 1200 g/mol. The molecule has 0 unspecified atom stereocenters. The van der Waals surface area contributed by atoms with Crippen LogP contribution in [0.25, 0.3) is 44.3 Å². The van der Waals surface area contributed by atoms with Crippen LogP contribution in [0.5, 0.6) is 0 Å². The summed E-state index contributed by atoms with van der Waals surface area (Å²) in [7, 11) is -2.27. The fourth-order valence-corrected chi connectivity index (χ4v) is 10.1. The molecule has 2 aliphatic rings. The lowest BCUT2D eigenvalue weighted by Crippen LogP contribution is -2.50. The average Bonchev–Trinajstić information content (AvgIpc) is 3.88. The molecule has 0 radical (unpaired) electrons. The van der Waals surface area contributed by atoms with E-state index in [1.165, 1.54) is 12.3 Å². The van der Waals surface area contributed by atoms with Crippen LogP contribution < -0.4 is 10.2 Å². The van der Waals surface area contributed by atoms with E-state index in [4.69, 9.17) is 24.0 Å². The van der Waals surface area contributed by atoms with Gasteiger partial charge in [0.05, 0.1) is 11.0 Å². The van der Waals surface area contributed by atoms with E-state index in [-0.39, 0.29) is 17.8 Å². The Morgan fingerprint density at radius 3 is 1.49 bits per heavy atom. The van der Waals surface area contributed by atoms with Gasteiger partial charge in [-0.1, -0.05) is 71.1 Å². The van der Waals surface area contributed by atoms with E-state index in [0.29, 0.717) is 45.2 Å². The number of anilines is 1. The van der Waals surface area contributed by atoms with Gasteiger partial charge in [0.25, 0.3) is 0 Å². The number of rotatable bonds is 13. The summed E-state index contributed by atoms with van der Waals surface area (Å²) in [6.07, 6.45) is 2.83. The Labute approximate surface area is 461 Å². The number of benzene rings is 2. The quantitative estimate of drug-likeness (QED) is 0.0665. The first-order valence-electron chi connectivity index (χ1n) is 25.7. The van der Waals surface area contributed by atoms with Crippen LogP contribution in [0.1, 0.15) is 41.5 Å². The maximum Gasteiger partial charge on any atom is 0.410 e. The second-order valence-electron chi connectivity index (χ2n) is 23.2. The molecule has 0 bridgehead atoms. The van der Waals surface area contributed by atoms with Gasteiger partial charge in [-0.25, -0.2) is 28.9 Å². The van der Waals surface area contributed by atoms with Crippen molar-refractivity contribution in [2.75, 3.05) is 70.5 Å². The summed E-state index contributed by atoms with van der Waals surface area (Å²) in [4.78, 5) is 37.9. The maximum atomic E-state index is 13.5. The molecule has 2 aromatic carbocycles. The van der Waals surface area contributed by atoms with Gasteiger partial charge in [0.2, 0.25) is 5.95 Å². The lowest BCUT2D eigenvalue weighted by atomic mass is 10.1. The van der Waals surface area contributed by atoms with Crippen molar-refractivity contribution in [3.05, 3.63) is 88.0 Å². The molecule has 2 fully saturated rings. The number of pyridine rings is 2. The van der Waals surface area contributed by atoms with E-state index in [1.54, 1.807) is 15.9 Å². The molecule has 6 heterocycles. The number of halogens is 3. The lowest BCUT2D eigenvalue weighted by Gasteiger charge is -2.36. The molecule has 1 N–H and O–H groups in total. The van der Waals surface area contributed by atoms with Gasteiger partial charge in [0, 0.05) is 131 Å². The van der Waals surface area contributed by atoms with Crippen molar-refractivity contribution in [1.82, 2.24) is 44.6 Å². The molecular formula is C54H77Br2FN10O6Si2. The van der Waals surface area contributed by atoms with Crippen molar-refractivity contribution < 1.29 is 32.9 Å². The Kier molecular flexibility index (Phi) is 20.7. The molecule has 0 spiro atoms. The van der Waals surface area contributed by atoms with E-state index < -0.39 is 27.7 Å². The molecule has 0 atom stereocenters. The van der Waals surface area contributed by atoms with Crippen LogP contribution in [0.4, 0.5) is 19.8 Å². The molecule has 21 heteroatoms. The Bertz CT molecular complexity index is 2850. The number of fused-ring (bicyclic) bond motifs is 2. The highest BCUT2D eigenvalue weighted by atomic mass is 79.9. The zero-order valence-electron chi connectivity index (χ0n) is 45.9. The highest BCUT2D eigenvalue weighted by Crippen LogP contribution is 2.33. The largest absolute Gasteiger partial charge is 0.444 e. The van der Waals surface area contributed by atoms with Crippen LogP contribution >= 0.6 is 31.9 Å². The third kappa shape index (κ3) is 18.7. The van der Waals surface area contributed by atoms with Gasteiger partial charge in [-0.15, -0.1) is 0 Å². The third-order valence-electron chi connectivity index (χ3n) is 11.9. The van der Waals surface area contributed by atoms with Gasteiger partial charge < -0.3 is 39.0 Å². The third-order valence-corrected chi connectivity index (χ3v) is 16.3. The van der Waals surface area contributed by atoms with Crippen molar-refractivity contribution in [2.45, 2.75) is 118 Å². The molecular weight excluding hydrogens is 1120 g/mol. The number of carbonyl (C=O) groups is 2. The highest BCUT2D eigenvalue weighted by Gasteiger charge is 2.27. The molecule has 8 rings (SSSR count). The minimum Gasteiger partial charge on any atom is -0.444 e. The molecule has 0 saturated carbocycles. The molecule has 4 aromatic heterocycles. The number of hydrogen-bond acceptors (Lipinski definition) is 12. The number of piperazine rings is 2. The van der Waals surface area contributed by atoms with E-state index in [2.05, 4.69) is 115 Å². The van der Waals surface area contributed by atoms with Gasteiger partial charge in [-0.3, -0.25) is 0 Å². The van der Waals surface area contributed by atoms with Gasteiger partial charge in [0.1, 0.15) is 41.9 Å². The van der Waals surface area contributed by atoms with Crippen molar-refractivity contribution in [2.24, 2.45) is 0 Å². The number of aromatic nitrogens is 6. The van der Waals surface area contributed by atoms with E-state index in [0.717, 1.165) is 105 Å². The summed E-state index contributed by atoms with van der Waals surface area (Å²) >= 11 is 7.12. The Morgan fingerprint density at radius 1 is 0.613 bits per heavy atom. The SMILES string of the molecule is CC(C)(C)OC(=O)N1CCN(c2cc(-c3nn(COCC[Si](C)(C)C)c4ccc(Br)cc34)ccn2)CC1.CC(C)(C)OC(=O)N1CCNCC1.C[Si](C)(C)CCOCn1nc(-c2ccnc(F)c2)c2cc(Br)ccc21. The number of amides is 2. The predicted molar refractivity (Wildman–Crippen MR) is 310 cm³/mol. The second-order valence-corrected chi connectivity index (χ2v) is 36.2. The van der Waals surface area contributed by atoms with Gasteiger partial charge in [-0.05, 0) is 108 Å². The number of carbonyl (C=O) groups excluding carboxylic acids is 2. The smallest absolute Gasteiger partial charge is 0.410 e. The van der Waals surface area contributed by atoms with E-state index in [9.17, 15) is 14.0 Å². The van der Waals surface area contributed by atoms with Crippen LogP contribution in [-0.4, -0.2) is 144 Å². The van der Waals surface area contributed by atoms with Crippen molar-refractivity contribution in [3.8, 4) is 22.5 Å². The Morgan fingerprint density at radius 2 is 1.05 bits per heavy atom. The van der Waals surface area contributed by atoms with Crippen molar-refractivity contribution in [3.63, 3.8) is 0 Å². The minimum atomic E-state index is -1.15. The zero-order chi connectivity index (χ0) is 54.7. The standard InChI is InChI=1S/C27H38BrN5O3Si.C18H21BrFN3OSi.C9H18N2O2/c1-27(2,3)36-26(34)32-13-11-31(12-14-32)24-17-20(9-10-29-24)25-22-18-21(28)7-8-23(22)33(30-25)19-35-15-16-37(4,5)6;1-25(2,3)9-8-24-12-23-16-5-4-14(19)11-15(16)18(22-23)13-6-7-21-17(20)10-13;1-9(2,3)13-8(12)11-6-4-10-5-7-11/h7-10,17-18H,11-16,19H2,1-6H3;4-7,10-11H,8-9,12H2,1-3H3;10H,4-7H2,1-3H3. The monoisotopic (exact) mass is 1190 g/mol. The van der Waals surface area contributed by atoms with Gasteiger partial charge >= 0.3 is 12.2 Å². The topological polar surface area (TPSA) is 154 Å². The molecule has 408 valence electrons. The van der Waals surface area contributed by atoms with Crippen LogP contribution in [0, 0.1) is 5.95 Å². The van der Waals surface area contributed by atoms with Crippen molar-refractivity contribution in [1.29, 1.82) is 0 Å².